The van der Waals surface area contributed by atoms with Crippen LogP contribution in [0.1, 0.15) is 29.2 Å². The molecule has 1 fully saturated rings. The highest BCUT2D eigenvalue weighted by Gasteiger charge is 2.24. The first-order valence-electron chi connectivity index (χ1n) is 6.10. The van der Waals surface area contributed by atoms with Crippen LogP contribution in [0, 0.1) is 0 Å². The molecule has 1 aromatic rings. The molecule has 0 N–H and O–H groups in total. The van der Waals surface area contributed by atoms with E-state index in [2.05, 4.69) is 26.5 Å². The zero-order valence-corrected chi connectivity index (χ0v) is 11.7. The van der Waals surface area contributed by atoms with Crippen molar-refractivity contribution in [2.45, 2.75) is 13.0 Å². The number of carbonyl (C=O) groups is 1. The number of morpholine rings is 1. The summed E-state index contributed by atoms with van der Waals surface area (Å²) in [6.45, 7) is 5.31. The summed E-state index contributed by atoms with van der Waals surface area (Å²) in [5, 5.41) is 0.0917. The van der Waals surface area contributed by atoms with Crippen molar-refractivity contribution >= 4 is 17.6 Å². The normalized spacial score (nSPS) is 20.3. The Bertz CT molecular complexity index is 470. The molecule has 104 valence electrons. The first-order chi connectivity index (χ1) is 9.15. The second-order valence-corrected chi connectivity index (χ2v) is 4.53. The van der Waals surface area contributed by atoms with E-state index in [-0.39, 0.29) is 16.8 Å². The lowest BCUT2D eigenvalue weighted by molar-refractivity contribution is -0.0326. The number of likely N-dealkylation sites (N-methyl/N-ethyl adjacent to an activating group) is 1. The molecule has 0 radical (unpaired) electrons. The van der Waals surface area contributed by atoms with Crippen LogP contribution in [0.3, 0.4) is 0 Å². The van der Waals surface area contributed by atoms with Crippen molar-refractivity contribution in [3.8, 4) is 0 Å². The molecule has 19 heavy (non-hydrogen) atoms. The molecule has 1 unspecified atom stereocenters. The summed E-state index contributed by atoms with van der Waals surface area (Å²) in [6.07, 6.45) is 1.17. The summed E-state index contributed by atoms with van der Waals surface area (Å²) in [6, 6.07) is 0. The monoisotopic (exact) mass is 285 g/mol. The summed E-state index contributed by atoms with van der Waals surface area (Å²) < 4.78 is 10.2. The predicted octanol–water partition coefficient (Wildman–Crippen LogP) is 1.31. The molecule has 1 aliphatic rings. The van der Waals surface area contributed by atoms with Gasteiger partial charge in [0.1, 0.15) is 16.8 Å². The number of esters is 1. The average Bonchev–Trinajstić information content (AvgIpc) is 2.46. The van der Waals surface area contributed by atoms with Crippen molar-refractivity contribution in [1.82, 2.24) is 14.9 Å². The molecule has 0 amide bonds. The van der Waals surface area contributed by atoms with E-state index in [9.17, 15) is 4.79 Å². The lowest BCUT2D eigenvalue weighted by Gasteiger charge is -2.31. The largest absolute Gasteiger partial charge is 0.465 e. The summed E-state index contributed by atoms with van der Waals surface area (Å²) in [4.78, 5) is 21.9. The number of nitrogens with zero attached hydrogens (tertiary/aromatic N) is 3. The van der Waals surface area contributed by atoms with Crippen molar-refractivity contribution in [3.63, 3.8) is 0 Å². The maximum absolute atomic E-state index is 11.4. The van der Waals surface area contributed by atoms with Crippen LogP contribution in [0.5, 0.6) is 0 Å². The van der Waals surface area contributed by atoms with Crippen LogP contribution in [-0.4, -0.2) is 54.2 Å². The van der Waals surface area contributed by atoms with Crippen LogP contribution in [0.15, 0.2) is 6.20 Å². The van der Waals surface area contributed by atoms with Gasteiger partial charge in [0.05, 0.1) is 13.7 Å². The minimum Gasteiger partial charge on any atom is -0.465 e. The van der Waals surface area contributed by atoms with Gasteiger partial charge < -0.3 is 9.47 Å². The Balaban J connectivity index is 2.17. The molecule has 0 aliphatic carbocycles. The zero-order chi connectivity index (χ0) is 13.8. The van der Waals surface area contributed by atoms with Gasteiger partial charge in [0.25, 0.3) is 0 Å². The number of rotatable bonds is 3. The van der Waals surface area contributed by atoms with Gasteiger partial charge >= 0.3 is 5.97 Å². The Hall–Kier alpha value is -1.24. The SMILES string of the molecule is CCN1CCOC(c2ncc(C(=O)OC)c(Cl)n2)C1. The quantitative estimate of drug-likeness (QED) is 0.616. The summed E-state index contributed by atoms with van der Waals surface area (Å²) in [5.74, 6) is -0.0490. The molecule has 0 aromatic carbocycles. The van der Waals surface area contributed by atoms with Crippen LogP contribution < -0.4 is 0 Å². The van der Waals surface area contributed by atoms with Gasteiger partial charge in [-0.3, -0.25) is 4.90 Å². The fourth-order valence-corrected chi connectivity index (χ4v) is 2.13. The highest BCUT2D eigenvalue weighted by Crippen LogP contribution is 2.21. The van der Waals surface area contributed by atoms with Gasteiger partial charge in [0, 0.05) is 19.3 Å². The van der Waals surface area contributed by atoms with Gasteiger partial charge in [0.2, 0.25) is 0 Å². The number of ether oxygens (including phenoxy) is 2. The third-order valence-corrected chi connectivity index (χ3v) is 3.34. The molecular formula is C12H16ClN3O3. The summed E-state index contributed by atoms with van der Waals surface area (Å²) in [5.41, 5.74) is 0.163. The molecule has 1 saturated heterocycles. The van der Waals surface area contributed by atoms with E-state index in [0.29, 0.717) is 12.4 Å². The van der Waals surface area contributed by atoms with Gasteiger partial charge in [-0.15, -0.1) is 0 Å². The van der Waals surface area contributed by atoms with Crippen LogP contribution in [0.25, 0.3) is 0 Å². The number of halogens is 1. The second kappa shape index (κ2) is 6.27. The Kier molecular flexibility index (Phi) is 4.68. The molecule has 1 aromatic heterocycles. The topological polar surface area (TPSA) is 64.5 Å². The standard InChI is InChI=1S/C12H16ClN3O3/c1-3-16-4-5-19-9(7-16)11-14-6-8(10(13)15-11)12(17)18-2/h6,9H,3-5,7H2,1-2H3. The number of aromatic nitrogens is 2. The number of hydrogen-bond acceptors (Lipinski definition) is 6. The van der Waals surface area contributed by atoms with E-state index in [1.54, 1.807) is 0 Å². The Morgan fingerprint density at radius 1 is 1.68 bits per heavy atom. The highest BCUT2D eigenvalue weighted by atomic mass is 35.5. The van der Waals surface area contributed by atoms with E-state index >= 15 is 0 Å². The van der Waals surface area contributed by atoms with Crippen LogP contribution >= 0.6 is 11.6 Å². The van der Waals surface area contributed by atoms with E-state index < -0.39 is 5.97 Å². The van der Waals surface area contributed by atoms with E-state index in [4.69, 9.17) is 16.3 Å². The van der Waals surface area contributed by atoms with Gasteiger partial charge in [-0.2, -0.15) is 0 Å². The van der Waals surface area contributed by atoms with Gasteiger partial charge in [0.15, 0.2) is 5.82 Å². The number of hydrogen-bond donors (Lipinski definition) is 0. The molecule has 6 nitrogen and oxygen atoms in total. The maximum Gasteiger partial charge on any atom is 0.342 e. The lowest BCUT2D eigenvalue weighted by atomic mass is 10.2. The third-order valence-electron chi connectivity index (χ3n) is 3.05. The lowest BCUT2D eigenvalue weighted by Crippen LogP contribution is -2.38. The second-order valence-electron chi connectivity index (χ2n) is 4.18. The van der Waals surface area contributed by atoms with Crippen molar-refractivity contribution in [3.05, 3.63) is 22.7 Å². The van der Waals surface area contributed by atoms with Gasteiger partial charge in [-0.05, 0) is 6.54 Å². The highest BCUT2D eigenvalue weighted by molar-refractivity contribution is 6.32. The molecular weight excluding hydrogens is 270 g/mol. The minimum atomic E-state index is -0.545. The maximum atomic E-state index is 11.4. The molecule has 7 heteroatoms. The minimum absolute atomic E-state index is 0.0917. The molecule has 1 atom stereocenters. The fourth-order valence-electron chi connectivity index (χ4n) is 1.92. The summed E-state index contributed by atoms with van der Waals surface area (Å²) >= 11 is 5.97. The first-order valence-corrected chi connectivity index (χ1v) is 6.48. The van der Waals surface area contributed by atoms with Gasteiger partial charge in [-0.25, -0.2) is 14.8 Å². The molecule has 2 heterocycles. The first kappa shape index (κ1) is 14.2. The van der Waals surface area contributed by atoms with Crippen molar-refractivity contribution < 1.29 is 14.3 Å². The van der Waals surface area contributed by atoms with Crippen LogP contribution in [-0.2, 0) is 9.47 Å². The Labute approximate surface area is 116 Å². The van der Waals surface area contributed by atoms with Crippen LogP contribution in [0.2, 0.25) is 5.15 Å². The number of methoxy groups -OCH3 is 1. The average molecular weight is 286 g/mol. The summed E-state index contributed by atoms with van der Waals surface area (Å²) in [7, 11) is 1.29. The fraction of sp³-hybridized carbons (Fsp3) is 0.583. The zero-order valence-electron chi connectivity index (χ0n) is 10.9. The van der Waals surface area contributed by atoms with Crippen molar-refractivity contribution in [2.24, 2.45) is 0 Å². The predicted molar refractivity (Wildman–Crippen MR) is 69.2 cm³/mol. The number of carbonyl (C=O) groups excluding carboxylic acids is 1. The molecule has 2 rings (SSSR count). The Morgan fingerprint density at radius 3 is 3.11 bits per heavy atom. The smallest absolute Gasteiger partial charge is 0.342 e. The molecule has 0 bridgehead atoms. The third kappa shape index (κ3) is 3.20. The van der Waals surface area contributed by atoms with E-state index in [0.717, 1.165) is 19.6 Å². The van der Waals surface area contributed by atoms with Gasteiger partial charge in [-0.1, -0.05) is 18.5 Å². The van der Waals surface area contributed by atoms with E-state index in [1.165, 1.54) is 13.3 Å². The van der Waals surface area contributed by atoms with Crippen molar-refractivity contribution in [2.75, 3.05) is 33.4 Å². The molecule has 0 spiro atoms. The Morgan fingerprint density at radius 2 is 2.47 bits per heavy atom. The van der Waals surface area contributed by atoms with E-state index in [1.807, 2.05) is 0 Å². The van der Waals surface area contributed by atoms with Crippen molar-refractivity contribution in [1.29, 1.82) is 0 Å². The molecule has 0 saturated carbocycles. The molecule has 1 aliphatic heterocycles. The van der Waals surface area contributed by atoms with Crippen LogP contribution in [0.4, 0.5) is 0 Å².